The van der Waals surface area contributed by atoms with Crippen LogP contribution >= 0.6 is 11.8 Å². The first-order chi connectivity index (χ1) is 9.52. The Morgan fingerprint density at radius 3 is 2.45 bits per heavy atom. The zero-order valence-electron chi connectivity index (χ0n) is 11.3. The van der Waals surface area contributed by atoms with Gasteiger partial charge in [-0.3, -0.25) is 9.59 Å². The quantitative estimate of drug-likeness (QED) is 0.478. The van der Waals surface area contributed by atoms with Crippen molar-refractivity contribution in [3.8, 4) is 5.40 Å². The van der Waals surface area contributed by atoms with Gasteiger partial charge < -0.3 is 15.5 Å². The van der Waals surface area contributed by atoms with E-state index in [0.29, 0.717) is 18.8 Å². The fraction of sp³-hybridized carbons (Fsp3) is 0.308. The van der Waals surface area contributed by atoms with Gasteiger partial charge in [0.1, 0.15) is 5.40 Å². The number of nitrogens with zero attached hydrogens (tertiary/aromatic N) is 2. The number of carbonyl (C=O) groups excluding carboxylic acids is 2. The summed E-state index contributed by atoms with van der Waals surface area (Å²) in [4.78, 5) is 25.8. The minimum absolute atomic E-state index is 0.414. The first-order valence-electron chi connectivity index (χ1n) is 5.93. The van der Waals surface area contributed by atoms with Crippen molar-refractivity contribution in [1.82, 2.24) is 10.2 Å². The SMILES string of the molecule is CN(C)CCNC(=O)C(=O)Nc1ccc(SC#N)cc1. The van der Waals surface area contributed by atoms with Gasteiger partial charge in [0.25, 0.3) is 0 Å². The lowest BCUT2D eigenvalue weighted by atomic mass is 10.3. The van der Waals surface area contributed by atoms with Crippen molar-refractivity contribution < 1.29 is 9.59 Å². The minimum atomic E-state index is -0.704. The fourth-order valence-electron chi connectivity index (χ4n) is 1.32. The Bertz CT molecular complexity index is 508. The van der Waals surface area contributed by atoms with E-state index in [1.807, 2.05) is 24.4 Å². The van der Waals surface area contributed by atoms with Crippen LogP contribution in [-0.4, -0.2) is 43.9 Å². The first-order valence-corrected chi connectivity index (χ1v) is 6.74. The highest BCUT2D eigenvalue weighted by Crippen LogP contribution is 2.18. The van der Waals surface area contributed by atoms with Gasteiger partial charge in [0, 0.05) is 23.7 Å². The molecule has 0 saturated carbocycles. The van der Waals surface area contributed by atoms with Crippen LogP contribution in [0.2, 0.25) is 0 Å². The molecule has 20 heavy (non-hydrogen) atoms. The summed E-state index contributed by atoms with van der Waals surface area (Å²) in [6.07, 6.45) is 0. The Kier molecular flexibility index (Phi) is 6.56. The van der Waals surface area contributed by atoms with E-state index in [1.54, 1.807) is 24.3 Å². The van der Waals surface area contributed by atoms with E-state index in [4.69, 9.17) is 5.26 Å². The van der Waals surface area contributed by atoms with Crippen LogP contribution in [0, 0.1) is 10.7 Å². The maximum atomic E-state index is 11.6. The molecule has 106 valence electrons. The number of hydrogen-bond acceptors (Lipinski definition) is 5. The third kappa shape index (κ3) is 5.73. The average molecular weight is 292 g/mol. The molecule has 0 saturated heterocycles. The zero-order valence-corrected chi connectivity index (χ0v) is 12.2. The summed E-state index contributed by atoms with van der Waals surface area (Å²) in [6.45, 7) is 1.08. The van der Waals surface area contributed by atoms with Crippen molar-refractivity contribution in [2.24, 2.45) is 0 Å². The van der Waals surface area contributed by atoms with E-state index in [2.05, 4.69) is 10.6 Å². The third-order valence-corrected chi connectivity index (χ3v) is 2.93. The van der Waals surface area contributed by atoms with Crippen LogP contribution in [-0.2, 0) is 9.59 Å². The van der Waals surface area contributed by atoms with Gasteiger partial charge in [-0.1, -0.05) is 0 Å². The number of rotatable bonds is 5. The molecule has 1 aromatic rings. The Morgan fingerprint density at radius 2 is 1.90 bits per heavy atom. The fourth-order valence-corrected chi connectivity index (χ4v) is 1.70. The summed E-state index contributed by atoms with van der Waals surface area (Å²) in [5.74, 6) is -1.37. The average Bonchev–Trinajstić information content (AvgIpc) is 2.40. The van der Waals surface area contributed by atoms with Gasteiger partial charge in [0.2, 0.25) is 0 Å². The first kappa shape index (κ1) is 16.0. The molecular formula is C13H16N4O2S. The lowest BCUT2D eigenvalue weighted by molar-refractivity contribution is -0.136. The second kappa shape index (κ2) is 8.19. The standard InChI is InChI=1S/C13H16N4O2S/c1-17(2)8-7-15-12(18)13(19)16-10-3-5-11(6-4-10)20-9-14/h3-6H,7-8H2,1-2H3,(H,15,18)(H,16,19). The van der Waals surface area contributed by atoms with E-state index in [9.17, 15) is 9.59 Å². The molecule has 2 amide bonds. The molecule has 0 radical (unpaired) electrons. The van der Waals surface area contributed by atoms with E-state index in [-0.39, 0.29) is 0 Å². The highest BCUT2D eigenvalue weighted by molar-refractivity contribution is 8.03. The number of anilines is 1. The maximum Gasteiger partial charge on any atom is 0.313 e. The molecule has 6 nitrogen and oxygen atoms in total. The van der Waals surface area contributed by atoms with Gasteiger partial charge in [0.15, 0.2) is 0 Å². The summed E-state index contributed by atoms with van der Waals surface area (Å²) in [7, 11) is 3.76. The number of hydrogen-bond donors (Lipinski definition) is 2. The predicted molar refractivity (Wildman–Crippen MR) is 78.1 cm³/mol. The summed E-state index contributed by atoms with van der Waals surface area (Å²) < 4.78 is 0. The highest BCUT2D eigenvalue weighted by Gasteiger charge is 2.12. The Morgan fingerprint density at radius 1 is 1.25 bits per heavy atom. The van der Waals surface area contributed by atoms with Crippen LogP contribution in [0.4, 0.5) is 5.69 Å². The normalized spacial score (nSPS) is 9.90. The Balaban J connectivity index is 2.45. The smallest absolute Gasteiger partial charge is 0.313 e. The van der Waals surface area contributed by atoms with E-state index in [1.165, 1.54) is 0 Å². The van der Waals surface area contributed by atoms with Crippen molar-refractivity contribution in [3.05, 3.63) is 24.3 Å². The summed E-state index contributed by atoms with van der Waals surface area (Å²) in [5.41, 5.74) is 0.514. The maximum absolute atomic E-state index is 11.6. The third-order valence-electron chi connectivity index (χ3n) is 2.33. The molecule has 0 bridgehead atoms. The molecule has 0 atom stereocenters. The molecule has 1 aromatic carbocycles. The lowest BCUT2D eigenvalue weighted by Crippen LogP contribution is -2.38. The predicted octanol–water partition coefficient (Wildman–Crippen LogP) is 0.876. The number of amides is 2. The van der Waals surface area contributed by atoms with Gasteiger partial charge in [-0.15, -0.1) is 0 Å². The van der Waals surface area contributed by atoms with Gasteiger partial charge in [-0.25, -0.2) is 0 Å². The molecule has 2 N–H and O–H groups in total. The largest absolute Gasteiger partial charge is 0.347 e. The topological polar surface area (TPSA) is 85.2 Å². The van der Waals surface area contributed by atoms with Gasteiger partial charge in [0.05, 0.1) is 0 Å². The van der Waals surface area contributed by atoms with Crippen LogP contribution in [0.1, 0.15) is 0 Å². The van der Waals surface area contributed by atoms with Crippen molar-refractivity contribution in [3.63, 3.8) is 0 Å². The molecule has 7 heteroatoms. The van der Waals surface area contributed by atoms with E-state index >= 15 is 0 Å². The molecule has 0 spiro atoms. The highest BCUT2D eigenvalue weighted by atomic mass is 32.2. The number of benzene rings is 1. The van der Waals surface area contributed by atoms with Gasteiger partial charge >= 0.3 is 11.8 Å². The number of likely N-dealkylation sites (N-methyl/N-ethyl adjacent to an activating group) is 1. The second-order valence-corrected chi connectivity index (χ2v) is 5.09. The molecule has 0 aliphatic carbocycles. The molecule has 0 heterocycles. The van der Waals surface area contributed by atoms with Gasteiger partial charge in [-0.2, -0.15) is 5.26 Å². The molecule has 0 aliphatic rings. The molecule has 0 aromatic heterocycles. The Labute approximate surface area is 122 Å². The number of nitriles is 1. The van der Waals surface area contributed by atoms with Crippen molar-refractivity contribution in [2.75, 3.05) is 32.5 Å². The number of carbonyl (C=O) groups is 2. The molecule has 0 unspecified atom stereocenters. The van der Waals surface area contributed by atoms with Crippen molar-refractivity contribution in [2.45, 2.75) is 4.90 Å². The van der Waals surface area contributed by atoms with E-state index < -0.39 is 11.8 Å². The van der Waals surface area contributed by atoms with E-state index in [0.717, 1.165) is 16.7 Å². The lowest BCUT2D eigenvalue weighted by Gasteiger charge is -2.10. The summed E-state index contributed by atoms with van der Waals surface area (Å²) >= 11 is 1.03. The molecule has 0 fully saturated rings. The zero-order chi connectivity index (χ0) is 15.0. The van der Waals surface area contributed by atoms with Crippen LogP contribution in [0.15, 0.2) is 29.2 Å². The number of thioether (sulfide) groups is 1. The number of thiocyanates is 1. The minimum Gasteiger partial charge on any atom is -0.347 e. The van der Waals surface area contributed by atoms with Crippen LogP contribution < -0.4 is 10.6 Å². The monoisotopic (exact) mass is 292 g/mol. The Hall–Kier alpha value is -2.04. The van der Waals surface area contributed by atoms with Crippen LogP contribution in [0.3, 0.4) is 0 Å². The molecule has 1 rings (SSSR count). The van der Waals surface area contributed by atoms with Crippen molar-refractivity contribution >= 4 is 29.3 Å². The summed E-state index contributed by atoms with van der Waals surface area (Å²) in [6, 6.07) is 6.69. The number of nitrogens with one attached hydrogen (secondary N) is 2. The summed E-state index contributed by atoms with van der Waals surface area (Å²) in [5, 5.41) is 15.5. The van der Waals surface area contributed by atoms with Crippen molar-refractivity contribution in [1.29, 1.82) is 5.26 Å². The van der Waals surface area contributed by atoms with Gasteiger partial charge in [-0.05, 0) is 50.1 Å². The van der Waals surface area contributed by atoms with Crippen LogP contribution in [0.5, 0.6) is 0 Å². The van der Waals surface area contributed by atoms with Crippen LogP contribution in [0.25, 0.3) is 0 Å². The molecule has 0 aliphatic heterocycles. The second-order valence-electron chi connectivity index (χ2n) is 4.23. The molecular weight excluding hydrogens is 276 g/mol.